The summed E-state index contributed by atoms with van der Waals surface area (Å²) >= 11 is 0. The molecular formula is C13H19FN2O3S. The molecule has 0 saturated carbocycles. The summed E-state index contributed by atoms with van der Waals surface area (Å²) in [4.78, 5) is 11.4. The zero-order valence-corrected chi connectivity index (χ0v) is 12.3. The van der Waals surface area contributed by atoms with Crippen LogP contribution < -0.4 is 15.4 Å². The summed E-state index contributed by atoms with van der Waals surface area (Å²) < 4.78 is 29.5. The van der Waals surface area contributed by atoms with Gasteiger partial charge in [-0.15, -0.1) is 0 Å². The predicted octanol–water partition coefficient (Wildman–Crippen LogP) is 1.27. The Morgan fingerprint density at radius 1 is 1.40 bits per heavy atom. The Hall–Kier alpha value is -1.63. The molecule has 0 aliphatic heterocycles. The van der Waals surface area contributed by atoms with Gasteiger partial charge in [0.25, 0.3) is 0 Å². The van der Waals surface area contributed by atoms with Gasteiger partial charge in [-0.3, -0.25) is 4.21 Å². The van der Waals surface area contributed by atoms with Crippen molar-refractivity contribution in [2.75, 3.05) is 25.1 Å². The molecule has 1 aromatic rings. The van der Waals surface area contributed by atoms with Crippen LogP contribution in [0.15, 0.2) is 24.3 Å². The third-order valence-corrected chi connectivity index (χ3v) is 3.17. The van der Waals surface area contributed by atoms with Gasteiger partial charge in [0.05, 0.1) is 6.54 Å². The van der Waals surface area contributed by atoms with Crippen LogP contribution in [0.1, 0.15) is 6.92 Å². The smallest absolute Gasteiger partial charge is 0.314 e. The Bertz CT molecular complexity index is 471. The van der Waals surface area contributed by atoms with E-state index >= 15 is 0 Å². The third kappa shape index (κ3) is 6.51. The second-order valence-corrected chi connectivity index (χ2v) is 5.83. The van der Waals surface area contributed by atoms with Crippen molar-refractivity contribution in [3.05, 3.63) is 30.1 Å². The molecule has 0 radical (unpaired) electrons. The van der Waals surface area contributed by atoms with E-state index in [4.69, 9.17) is 4.74 Å². The fraction of sp³-hybridized carbons (Fsp3) is 0.462. The average molecular weight is 302 g/mol. The molecule has 0 heterocycles. The SMILES string of the molecule is C[C@H](CNC(=O)NCC[S@](C)=O)Oc1ccccc1F. The number of ether oxygens (including phenoxy) is 1. The molecule has 2 atom stereocenters. The first-order valence-electron chi connectivity index (χ1n) is 6.22. The third-order valence-electron chi connectivity index (χ3n) is 2.39. The van der Waals surface area contributed by atoms with Gasteiger partial charge in [-0.2, -0.15) is 0 Å². The number of halogens is 1. The van der Waals surface area contributed by atoms with Crippen molar-refractivity contribution in [3.63, 3.8) is 0 Å². The molecule has 0 spiro atoms. The van der Waals surface area contributed by atoms with Crippen molar-refractivity contribution in [1.29, 1.82) is 0 Å². The van der Waals surface area contributed by atoms with Gasteiger partial charge < -0.3 is 15.4 Å². The van der Waals surface area contributed by atoms with Crippen molar-refractivity contribution in [2.24, 2.45) is 0 Å². The van der Waals surface area contributed by atoms with Crippen LogP contribution in [0.4, 0.5) is 9.18 Å². The van der Waals surface area contributed by atoms with Gasteiger partial charge in [-0.1, -0.05) is 12.1 Å². The van der Waals surface area contributed by atoms with Crippen LogP contribution in [0.25, 0.3) is 0 Å². The Kier molecular flexibility index (Phi) is 7.00. The van der Waals surface area contributed by atoms with Crippen molar-refractivity contribution < 1.29 is 18.1 Å². The summed E-state index contributed by atoms with van der Waals surface area (Å²) in [7, 11) is -0.933. The number of carbonyl (C=O) groups excluding carboxylic acids is 1. The lowest BCUT2D eigenvalue weighted by Crippen LogP contribution is -2.41. The zero-order chi connectivity index (χ0) is 15.0. The highest BCUT2D eigenvalue weighted by Gasteiger charge is 2.09. The minimum atomic E-state index is -0.933. The maximum atomic E-state index is 13.3. The highest BCUT2D eigenvalue weighted by atomic mass is 32.2. The normalized spacial score (nSPS) is 13.3. The molecule has 0 bridgehead atoms. The van der Waals surface area contributed by atoms with E-state index in [1.807, 2.05) is 0 Å². The topological polar surface area (TPSA) is 67.4 Å². The van der Waals surface area contributed by atoms with Gasteiger partial charge >= 0.3 is 6.03 Å². The molecule has 112 valence electrons. The van der Waals surface area contributed by atoms with E-state index in [0.29, 0.717) is 12.3 Å². The van der Waals surface area contributed by atoms with E-state index in [0.717, 1.165) is 0 Å². The number of hydrogen-bond donors (Lipinski definition) is 2. The number of para-hydroxylation sites is 1. The first kappa shape index (κ1) is 16.4. The minimum absolute atomic E-state index is 0.156. The lowest BCUT2D eigenvalue weighted by atomic mass is 10.3. The first-order valence-corrected chi connectivity index (χ1v) is 7.94. The maximum Gasteiger partial charge on any atom is 0.314 e. The number of nitrogens with one attached hydrogen (secondary N) is 2. The van der Waals surface area contributed by atoms with Crippen LogP contribution in [-0.2, 0) is 10.8 Å². The molecule has 20 heavy (non-hydrogen) atoms. The van der Waals surface area contributed by atoms with Gasteiger partial charge in [0, 0.05) is 29.4 Å². The van der Waals surface area contributed by atoms with Gasteiger partial charge in [-0.05, 0) is 19.1 Å². The molecule has 1 aromatic carbocycles. The summed E-state index contributed by atoms with van der Waals surface area (Å²) in [6.07, 6.45) is 1.21. The van der Waals surface area contributed by atoms with E-state index in [1.54, 1.807) is 25.3 Å². The molecule has 1 rings (SSSR count). The molecule has 5 nitrogen and oxygen atoms in total. The molecule has 0 aliphatic carbocycles. The van der Waals surface area contributed by atoms with Crippen LogP contribution in [0.5, 0.6) is 5.75 Å². The number of carbonyl (C=O) groups is 1. The van der Waals surface area contributed by atoms with E-state index < -0.39 is 16.6 Å². The predicted molar refractivity (Wildman–Crippen MR) is 76.8 cm³/mol. The Balaban J connectivity index is 2.26. The summed E-state index contributed by atoms with van der Waals surface area (Å²) in [6.45, 7) is 2.32. The summed E-state index contributed by atoms with van der Waals surface area (Å²) in [5, 5.41) is 5.17. The van der Waals surface area contributed by atoms with Crippen molar-refractivity contribution in [1.82, 2.24) is 10.6 Å². The lowest BCUT2D eigenvalue weighted by Gasteiger charge is -2.16. The van der Waals surface area contributed by atoms with E-state index in [-0.39, 0.29) is 24.4 Å². The molecule has 2 amide bonds. The number of amides is 2. The Morgan fingerprint density at radius 3 is 2.75 bits per heavy atom. The van der Waals surface area contributed by atoms with Gasteiger partial charge in [-0.25, -0.2) is 9.18 Å². The summed E-state index contributed by atoms with van der Waals surface area (Å²) in [6, 6.07) is 5.74. The fourth-order valence-electron chi connectivity index (χ4n) is 1.41. The second-order valence-electron chi connectivity index (χ2n) is 4.27. The second kappa shape index (κ2) is 8.52. The largest absolute Gasteiger partial charge is 0.486 e. The lowest BCUT2D eigenvalue weighted by molar-refractivity contribution is 0.201. The van der Waals surface area contributed by atoms with Crippen LogP contribution in [0.3, 0.4) is 0 Å². The monoisotopic (exact) mass is 302 g/mol. The Morgan fingerprint density at radius 2 is 2.10 bits per heavy atom. The fourth-order valence-corrected chi connectivity index (χ4v) is 1.80. The maximum absolute atomic E-state index is 13.3. The van der Waals surface area contributed by atoms with Gasteiger partial charge in [0.15, 0.2) is 11.6 Å². The quantitative estimate of drug-likeness (QED) is 0.797. The molecule has 7 heteroatoms. The standard InChI is InChI=1S/C13H19FN2O3S/c1-10(19-12-6-4-3-5-11(12)14)9-16-13(17)15-7-8-20(2)18/h3-6,10H,7-9H2,1-2H3,(H2,15,16,17)/t10-,20+/m1/s1. The van der Waals surface area contributed by atoms with E-state index in [2.05, 4.69) is 10.6 Å². The van der Waals surface area contributed by atoms with Crippen LogP contribution in [-0.4, -0.2) is 41.4 Å². The molecule has 0 fully saturated rings. The van der Waals surface area contributed by atoms with Crippen LogP contribution in [0, 0.1) is 5.82 Å². The van der Waals surface area contributed by atoms with Crippen molar-refractivity contribution >= 4 is 16.8 Å². The molecule has 2 N–H and O–H groups in total. The van der Waals surface area contributed by atoms with Crippen LogP contribution >= 0.6 is 0 Å². The number of benzene rings is 1. The molecule has 0 unspecified atom stereocenters. The highest BCUT2D eigenvalue weighted by molar-refractivity contribution is 7.84. The van der Waals surface area contributed by atoms with Crippen LogP contribution in [0.2, 0.25) is 0 Å². The number of hydrogen-bond acceptors (Lipinski definition) is 3. The molecule has 0 aromatic heterocycles. The zero-order valence-electron chi connectivity index (χ0n) is 11.5. The van der Waals surface area contributed by atoms with E-state index in [9.17, 15) is 13.4 Å². The average Bonchev–Trinajstić information content (AvgIpc) is 2.39. The van der Waals surface area contributed by atoms with Crippen molar-refractivity contribution in [2.45, 2.75) is 13.0 Å². The highest BCUT2D eigenvalue weighted by Crippen LogP contribution is 2.16. The van der Waals surface area contributed by atoms with Gasteiger partial charge in [0.2, 0.25) is 0 Å². The Labute approximate surface area is 120 Å². The van der Waals surface area contributed by atoms with Crippen molar-refractivity contribution in [3.8, 4) is 5.75 Å². The molecular weight excluding hydrogens is 283 g/mol. The summed E-state index contributed by atoms with van der Waals surface area (Å²) in [5.74, 6) is 0.132. The van der Waals surface area contributed by atoms with Gasteiger partial charge in [0.1, 0.15) is 6.10 Å². The summed E-state index contributed by atoms with van der Waals surface area (Å²) in [5.41, 5.74) is 0. The number of rotatable bonds is 7. The van der Waals surface area contributed by atoms with E-state index in [1.165, 1.54) is 12.1 Å². The first-order chi connectivity index (χ1) is 9.49. The number of urea groups is 1. The molecule has 0 aliphatic rings. The minimum Gasteiger partial charge on any atom is -0.486 e. The molecule has 0 saturated heterocycles.